The summed E-state index contributed by atoms with van der Waals surface area (Å²) in [6.45, 7) is 4.61. The van der Waals surface area contributed by atoms with E-state index in [1.807, 2.05) is 19.9 Å². The number of benzene rings is 1. The molecule has 2 aliphatic rings. The second-order valence-electron chi connectivity index (χ2n) is 6.17. The van der Waals surface area contributed by atoms with Crippen LogP contribution in [-0.4, -0.2) is 23.7 Å². The van der Waals surface area contributed by atoms with Crippen molar-refractivity contribution in [2.24, 2.45) is 5.41 Å². The van der Waals surface area contributed by atoms with E-state index in [1.165, 1.54) is 19.3 Å². The summed E-state index contributed by atoms with van der Waals surface area (Å²) in [6.07, 6.45) is 5.01. The van der Waals surface area contributed by atoms with Crippen molar-refractivity contribution in [2.75, 3.05) is 11.9 Å². The number of anilines is 1. The Hall–Kier alpha value is -1.62. The molecule has 0 amide bonds. The molecular weight excluding hydrogens is 268 g/mol. The van der Waals surface area contributed by atoms with Crippen molar-refractivity contribution in [3.8, 4) is 0 Å². The molecule has 2 saturated carbocycles. The van der Waals surface area contributed by atoms with E-state index in [4.69, 9.17) is 4.74 Å². The average molecular weight is 290 g/mol. The molecule has 2 aliphatic carbocycles. The molecule has 114 valence electrons. The van der Waals surface area contributed by atoms with Gasteiger partial charge in [0.25, 0.3) is 5.69 Å². The summed E-state index contributed by atoms with van der Waals surface area (Å²) in [5.41, 5.74) is 2.04. The molecule has 2 unspecified atom stereocenters. The van der Waals surface area contributed by atoms with Gasteiger partial charge in [-0.3, -0.25) is 10.1 Å². The summed E-state index contributed by atoms with van der Waals surface area (Å²) in [4.78, 5) is 10.7. The monoisotopic (exact) mass is 290 g/mol. The number of nitro benzene ring substituents is 1. The molecule has 0 saturated heterocycles. The molecule has 0 aliphatic heterocycles. The van der Waals surface area contributed by atoms with Crippen LogP contribution in [0, 0.1) is 22.5 Å². The zero-order valence-electron chi connectivity index (χ0n) is 12.6. The number of nitro groups is 1. The minimum atomic E-state index is -0.316. The van der Waals surface area contributed by atoms with Gasteiger partial charge in [0.1, 0.15) is 0 Å². The van der Waals surface area contributed by atoms with Crippen LogP contribution in [0.4, 0.5) is 11.4 Å². The number of rotatable bonds is 5. The van der Waals surface area contributed by atoms with Crippen LogP contribution in [-0.2, 0) is 4.74 Å². The highest BCUT2D eigenvalue weighted by Crippen LogP contribution is 2.58. The highest BCUT2D eigenvalue weighted by atomic mass is 16.6. The van der Waals surface area contributed by atoms with Crippen molar-refractivity contribution >= 4 is 11.4 Å². The van der Waals surface area contributed by atoms with Gasteiger partial charge in [-0.25, -0.2) is 0 Å². The van der Waals surface area contributed by atoms with Crippen molar-refractivity contribution in [1.29, 1.82) is 0 Å². The van der Waals surface area contributed by atoms with E-state index in [0.717, 1.165) is 24.3 Å². The Morgan fingerprint density at radius 1 is 1.48 bits per heavy atom. The third-order valence-corrected chi connectivity index (χ3v) is 5.27. The molecule has 1 aromatic rings. The molecule has 0 radical (unpaired) electrons. The van der Waals surface area contributed by atoms with Gasteiger partial charge >= 0.3 is 0 Å². The third-order valence-electron chi connectivity index (χ3n) is 5.27. The molecule has 5 nitrogen and oxygen atoms in total. The molecule has 0 aromatic heterocycles. The lowest BCUT2D eigenvalue weighted by atomic mass is 9.51. The summed E-state index contributed by atoms with van der Waals surface area (Å²) in [5.74, 6) is 0. The van der Waals surface area contributed by atoms with Crippen LogP contribution in [0.3, 0.4) is 0 Å². The van der Waals surface area contributed by atoms with Crippen molar-refractivity contribution < 1.29 is 9.66 Å². The zero-order valence-corrected chi connectivity index (χ0v) is 12.6. The lowest BCUT2D eigenvalue weighted by Crippen LogP contribution is -2.64. The largest absolute Gasteiger partial charge is 0.381 e. The molecule has 21 heavy (non-hydrogen) atoms. The Morgan fingerprint density at radius 3 is 2.81 bits per heavy atom. The normalized spacial score (nSPS) is 26.0. The molecule has 2 atom stereocenters. The topological polar surface area (TPSA) is 64.4 Å². The highest BCUT2D eigenvalue weighted by Gasteiger charge is 2.58. The van der Waals surface area contributed by atoms with Gasteiger partial charge in [-0.05, 0) is 39.2 Å². The van der Waals surface area contributed by atoms with Crippen molar-refractivity contribution in [3.63, 3.8) is 0 Å². The lowest BCUT2D eigenvalue weighted by Gasteiger charge is -2.61. The van der Waals surface area contributed by atoms with Gasteiger partial charge in [0, 0.05) is 35.4 Å². The van der Waals surface area contributed by atoms with E-state index in [0.29, 0.717) is 12.1 Å². The number of nitrogens with one attached hydrogen (secondary N) is 1. The number of nitrogens with zero attached hydrogens (tertiary/aromatic N) is 1. The first kappa shape index (κ1) is 14.3. The van der Waals surface area contributed by atoms with Gasteiger partial charge in [-0.2, -0.15) is 0 Å². The SMILES string of the molecule is CCOC1CC(Nc2cccc([N+](=O)[O-])c2C)C12CCC2. The van der Waals surface area contributed by atoms with E-state index >= 15 is 0 Å². The van der Waals surface area contributed by atoms with Crippen molar-refractivity contribution in [3.05, 3.63) is 33.9 Å². The zero-order chi connectivity index (χ0) is 15.0. The summed E-state index contributed by atoms with van der Waals surface area (Å²) in [5, 5.41) is 14.6. The summed E-state index contributed by atoms with van der Waals surface area (Å²) < 4.78 is 5.85. The van der Waals surface area contributed by atoms with Gasteiger partial charge in [0.15, 0.2) is 0 Å². The molecular formula is C16H22N2O3. The Kier molecular flexibility index (Phi) is 3.61. The number of ether oxygens (including phenoxy) is 1. The quantitative estimate of drug-likeness (QED) is 0.664. The van der Waals surface area contributed by atoms with E-state index in [-0.39, 0.29) is 16.0 Å². The standard InChI is InChI=1S/C16H22N2O3/c1-3-21-15-10-14(16(15)8-5-9-16)17-12-6-4-7-13(11(12)2)18(19)20/h4,6-7,14-15,17H,3,5,8-10H2,1-2H3. The molecule has 1 N–H and O–H groups in total. The van der Waals surface area contributed by atoms with Crippen molar-refractivity contribution in [1.82, 2.24) is 0 Å². The van der Waals surface area contributed by atoms with Crippen LogP contribution in [0.2, 0.25) is 0 Å². The first-order valence-electron chi connectivity index (χ1n) is 7.70. The Labute approximate surface area is 124 Å². The molecule has 0 heterocycles. The molecule has 1 aromatic carbocycles. The number of hydrogen-bond acceptors (Lipinski definition) is 4. The maximum atomic E-state index is 11.0. The second kappa shape index (κ2) is 5.30. The Bertz CT molecular complexity index is 554. The molecule has 0 bridgehead atoms. The predicted octanol–water partition coefficient (Wildman–Crippen LogP) is 3.66. The van der Waals surface area contributed by atoms with E-state index in [1.54, 1.807) is 12.1 Å². The van der Waals surface area contributed by atoms with Crippen LogP contribution >= 0.6 is 0 Å². The van der Waals surface area contributed by atoms with Crippen LogP contribution in [0.15, 0.2) is 18.2 Å². The molecule has 3 rings (SSSR count). The van der Waals surface area contributed by atoms with E-state index in [9.17, 15) is 10.1 Å². The lowest BCUT2D eigenvalue weighted by molar-refractivity contribution is -0.385. The maximum Gasteiger partial charge on any atom is 0.274 e. The van der Waals surface area contributed by atoms with E-state index < -0.39 is 0 Å². The van der Waals surface area contributed by atoms with Crippen LogP contribution in [0.5, 0.6) is 0 Å². The van der Waals surface area contributed by atoms with Crippen LogP contribution in [0.25, 0.3) is 0 Å². The minimum Gasteiger partial charge on any atom is -0.381 e. The van der Waals surface area contributed by atoms with Crippen LogP contribution in [0.1, 0.15) is 38.2 Å². The predicted molar refractivity (Wildman–Crippen MR) is 81.6 cm³/mol. The van der Waals surface area contributed by atoms with E-state index in [2.05, 4.69) is 5.32 Å². The van der Waals surface area contributed by atoms with Gasteiger partial charge in [0.05, 0.1) is 11.0 Å². The summed E-state index contributed by atoms with van der Waals surface area (Å²) >= 11 is 0. The maximum absolute atomic E-state index is 11.0. The third kappa shape index (κ3) is 2.20. The fraction of sp³-hybridized carbons (Fsp3) is 0.625. The number of hydrogen-bond donors (Lipinski definition) is 1. The summed E-state index contributed by atoms with van der Waals surface area (Å²) in [7, 11) is 0. The van der Waals surface area contributed by atoms with Gasteiger partial charge in [-0.1, -0.05) is 12.5 Å². The average Bonchev–Trinajstić information content (AvgIpc) is 2.37. The Morgan fingerprint density at radius 2 is 2.24 bits per heavy atom. The Balaban J connectivity index is 1.76. The van der Waals surface area contributed by atoms with Gasteiger partial charge in [0.2, 0.25) is 0 Å². The molecule has 1 spiro atoms. The van der Waals surface area contributed by atoms with Crippen molar-refractivity contribution in [2.45, 2.75) is 51.7 Å². The first-order chi connectivity index (χ1) is 10.1. The minimum absolute atomic E-state index is 0.184. The van der Waals surface area contributed by atoms with Gasteiger partial charge < -0.3 is 10.1 Å². The fourth-order valence-electron chi connectivity index (χ4n) is 3.81. The fourth-order valence-corrected chi connectivity index (χ4v) is 3.81. The molecule has 2 fully saturated rings. The van der Waals surface area contributed by atoms with Gasteiger partial charge in [-0.15, -0.1) is 0 Å². The van der Waals surface area contributed by atoms with Crippen LogP contribution < -0.4 is 5.32 Å². The smallest absolute Gasteiger partial charge is 0.274 e. The second-order valence-corrected chi connectivity index (χ2v) is 6.17. The molecule has 5 heteroatoms. The summed E-state index contributed by atoms with van der Waals surface area (Å²) in [6, 6.07) is 5.62. The first-order valence-corrected chi connectivity index (χ1v) is 7.70. The highest BCUT2D eigenvalue weighted by molar-refractivity contribution is 5.60.